The van der Waals surface area contributed by atoms with Crippen molar-refractivity contribution in [2.75, 3.05) is 6.61 Å². The molecule has 0 aliphatic heterocycles. The topological polar surface area (TPSA) is 70.4 Å². The second-order valence-corrected chi connectivity index (χ2v) is 6.51. The van der Waals surface area contributed by atoms with Gasteiger partial charge in [0.2, 0.25) is 11.1 Å². The van der Waals surface area contributed by atoms with Crippen LogP contribution in [0.4, 0.5) is 0 Å². The first-order valence-corrected chi connectivity index (χ1v) is 9.18. The Morgan fingerprint density at radius 1 is 1.11 bits per heavy atom. The fourth-order valence-electron chi connectivity index (χ4n) is 2.55. The molecule has 0 spiro atoms. The average molecular weight is 399 g/mol. The van der Waals surface area contributed by atoms with Crippen molar-refractivity contribution in [1.82, 2.24) is 9.78 Å². The number of halogens is 1. The van der Waals surface area contributed by atoms with E-state index in [9.17, 15) is 9.59 Å². The van der Waals surface area contributed by atoms with Crippen LogP contribution in [0.3, 0.4) is 0 Å². The number of hydrogen-bond acceptors (Lipinski definition) is 5. The highest BCUT2D eigenvalue weighted by Gasteiger charge is 2.19. The van der Waals surface area contributed by atoms with Gasteiger partial charge in [0.05, 0.1) is 12.3 Å². The van der Waals surface area contributed by atoms with Crippen molar-refractivity contribution in [3.63, 3.8) is 0 Å². The van der Waals surface area contributed by atoms with Crippen LogP contribution in [0.2, 0.25) is 5.02 Å². The zero-order valence-corrected chi connectivity index (χ0v) is 16.3. The van der Waals surface area contributed by atoms with Crippen LogP contribution in [-0.4, -0.2) is 22.4 Å². The van der Waals surface area contributed by atoms with E-state index in [0.29, 0.717) is 28.8 Å². The van der Waals surface area contributed by atoms with Crippen molar-refractivity contribution in [2.24, 2.45) is 0 Å². The quantitative estimate of drug-likeness (QED) is 0.459. The molecule has 2 aromatic carbocycles. The van der Waals surface area contributed by atoms with E-state index < -0.39 is 11.4 Å². The molecule has 0 bridgehead atoms. The van der Waals surface area contributed by atoms with E-state index in [4.69, 9.17) is 21.1 Å². The molecule has 7 heteroatoms. The van der Waals surface area contributed by atoms with E-state index in [-0.39, 0.29) is 11.4 Å². The van der Waals surface area contributed by atoms with Gasteiger partial charge in [0.15, 0.2) is 11.5 Å². The highest BCUT2D eigenvalue weighted by atomic mass is 35.5. The minimum atomic E-state index is -0.847. The van der Waals surface area contributed by atoms with Crippen molar-refractivity contribution in [3.05, 3.63) is 81.2 Å². The Hall–Kier alpha value is -3.12. The second-order valence-electron chi connectivity index (χ2n) is 6.07. The number of rotatable bonds is 6. The van der Waals surface area contributed by atoms with Gasteiger partial charge in [-0.15, -0.1) is 0 Å². The lowest BCUT2D eigenvalue weighted by Gasteiger charge is -2.12. The lowest BCUT2D eigenvalue weighted by molar-refractivity contribution is 0.0718. The third-order valence-electron chi connectivity index (χ3n) is 3.89. The van der Waals surface area contributed by atoms with Crippen LogP contribution in [0.1, 0.15) is 29.5 Å². The summed E-state index contributed by atoms with van der Waals surface area (Å²) in [7, 11) is 0. The first-order valence-electron chi connectivity index (χ1n) is 8.80. The fourth-order valence-corrected chi connectivity index (χ4v) is 2.67. The number of nitrogens with zero attached hydrogens (tertiary/aromatic N) is 2. The minimum Gasteiger partial charge on any atom is -0.490 e. The Balaban J connectivity index is 1.93. The molecule has 28 heavy (non-hydrogen) atoms. The summed E-state index contributed by atoms with van der Waals surface area (Å²) in [6, 6.07) is 15.0. The SMILES string of the molecule is CCCOc1ccccc1OC(=O)c1nn(-c2ccc(Cl)cc2)c(C)cc1=O. The zero-order valence-electron chi connectivity index (χ0n) is 15.5. The van der Waals surface area contributed by atoms with Crippen LogP contribution in [-0.2, 0) is 0 Å². The summed E-state index contributed by atoms with van der Waals surface area (Å²) in [4.78, 5) is 25.0. The molecular formula is C21H19ClN2O4. The lowest BCUT2D eigenvalue weighted by Crippen LogP contribution is -2.25. The molecular weight excluding hydrogens is 380 g/mol. The Kier molecular flexibility index (Phi) is 6.11. The van der Waals surface area contributed by atoms with Gasteiger partial charge in [-0.2, -0.15) is 5.10 Å². The van der Waals surface area contributed by atoms with E-state index in [1.165, 1.54) is 10.7 Å². The minimum absolute atomic E-state index is 0.237. The number of hydrogen-bond donors (Lipinski definition) is 0. The predicted molar refractivity (Wildman–Crippen MR) is 107 cm³/mol. The average Bonchev–Trinajstić information content (AvgIpc) is 2.68. The number of aromatic nitrogens is 2. The van der Waals surface area contributed by atoms with Crippen molar-refractivity contribution in [3.8, 4) is 17.2 Å². The number of para-hydroxylation sites is 2. The first kappa shape index (κ1) is 19.6. The largest absolute Gasteiger partial charge is 0.490 e. The number of benzene rings is 2. The number of carbonyl (C=O) groups excluding carboxylic acids is 1. The number of aryl methyl sites for hydroxylation is 1. The van der Waals surface area contributed by atoms with Crippen LogP contribution in [0, 0.1) is 6.92 Å². The summed E-state index contributed by atoms with van der Waals surface area (Å²) in [5.74, 6) is -0.177. The molecule has 3 rings (SSSR count). The van der Waals surface area contributed by atoms with Gasteiger partial charge in [-0.05, 0) is 49.7 Å². The highest BCUT2D eigenvalue weighted by molar-refractivity contribution is 6.30. The molecule has 0 saturated heterocycles. The number of carbonyl (C=O) groups is 1. The second kappa shape index (κ2) is 8.71. The van der Waals surface area contributed by atoms with Gasteiger partial charge in [0.25, 0.3) is 0 Å². The third-order valence-corrected chi connectivity index (χ3v) is 4.14. The summed E-state index contributed by atoms with van der Waals surface area (Å²) in [6.07, 6.45) is 0.813. The van der Waals surface area contributed by atoms with Crippen LogP contribution in [0.25, 0.3) is 5.69 Å². The van der Waals surface area contributed by atoms with E-state index >= 15 is 0 Å². The molecule has 3 aromatic rings. The molecule has 0 amide bonds. The van der Waals surface area contributed by atoms with Crippen LogP contribution in [0.15, 0.2) is 59.4 Å². The van der Waals surface area contributed by atoms with E-state index in [1.54, 1.807) is 55.5 Å². The van der Waals surface area contributed by atoms with Crippen molar-refractivity contribution < 1.29 is 14.3 Å². The fraction of sp³-hybridized carbons (Fsp3) is 0.190. The van der Waals surface area contributed by atoms with Gasteiger partial charge in [0, 0.05) is 16.8 Å². The highest BCUT2D eigenvalue weighted by Crippen LogP contribution is 2.27. The molecule has 0 unspecified atom stereocenters. The Morgan fingerprint density at radius 2 is 1.79 bits per heavy atom. The zero-order chi connectivity index (χ0) is 20.1. The Morgan fingerprint density at radius 3 is 2.46 bits per heavy atom. The molecule has 0 radical (unpaired) electrons. The van der Waals surface area contributed by atoms with Crippen LogP contribution >= 0.6 is 11.6 Å². The molecule has 1 aromatic heterocycles. The number of esters is 1. The summed E-state index contributed by atoms with van der Waals surface area (Å²) in [6.45, 7) is 4.19. The summed E-state index contributed by atoms with van der Waals surface area (Å²) in [5, 5.41) is 4.78. The summed E-state index contributed by atoms with van der Waals surface area (Å²) >= 11 is 5.92. The van der Waals surface area contributed by atoms with Gasteiger partial charge >= 0.3 is 5.97 Å². The maximum Gasteiger partial charge on any atom is 0.368 e. The maximum atomic E-state index is 12.6. The van der Waals surface area contributed by atoms with E-state index in [2.05, 4.69) is 5.10 Å². The standard InChI is InChI=1S/C21H19ClN2O4/c1-3-12-27-18-6-4-5-7-19(18)28-21(26)20-17(25)13-14(2)24(23-20)16-10-8-15(22)9-11-16/h4-11,13H,3,12H2,1-2H3. The molecule has 6 nitrogen and oxygen atoms in total. The van der Waals surface area contributed by atoms with Crippen molar-refractivity contribution in [1.29, 1.82) is 0 Å². The van der Waals surface area contributed by atoms with Gasteiger partial charge in [-0.1, -0.05) is 30.7 Å². The third kappa shape index (κ3) is 4.40. The van der Waals surface area contributed by atoms with Crippen LogP contribution in [0.5, 0.6) is 11.5 Å². The predicted octanol–water partition coefficient (Wildman–Crippen LogP) is 4.20. The molecule has 1 heterocycles. The maximum absolute atomic E-state index is 12.6. The lowest BCUT2D eigenvalue weighted by atomic mass is 10.2. The molecule has 144 valence electrons. The Bertz CT molecular complexity index is 1050. The molecule has 0 aliphatic rings. The molecule has 0 fully saturated rings. The number of ether oxygens (including phenoxy) is 2. The smallest absolute Gasteiger partial charge is 0.368 e. The molecule has 0 N–H and O–H groups in total. The van der Waals surface area contributed by atoms with E-state index in [1.807, 2.05) is 6.92 Å². The van der Waals surface area contributed by atoms with Gasteiger partial charge in [0.1, 0.15) is 0 Å². The van der Waals surface area contributed by atoms with Gasteiger partial charge in [-0.3, -0.25) is 4.79 Å². The van der Waals surface area contributed by atoms with Crippen molar-refractivity contribution in [2.45, 2.75) is 20.3 Å². The molecule has 0 saturated carbocycles. The van der Waals surface area contributed by atoms with Gasteiger partial charge < -0.3 is 9.47 Å². The normalized spacial score (nSPS) is 10.5. The van der Waals surface area contributed by atoms with E-state index in [0.717, 1.165) is 6.42 Å². The van der Waals surface area contributed by atoms with Gasteiger partial charge in [-0.25, -0.2) is 9.48 Å². The van der Waals surface area contributed by atoms with Crippen LogP contribution < -0.4 is 14.9 Å². The summed E-state index contributed by atoms with van der Waals surface area (Å²) in [5.41, 5.74) is 0.420. The first-order chi connectivity index (χ1) is 13.5. The molecule has 0 atom stereocenters. The molecule has 0 aliphatic carbocycles. The Labute approximate surface area is 167 Å². The monoisotopic (exact) mass is 398 g/mol. The van der Waals surface area contributed by atoms with Crippen molar-refractivity contribution >= 4 is 17.6 Å². The summed E-state index contributed by atoms with van der Waals surface area (Å²) < 4.78 is 12.5.